The minimum absolute atomic E-state index is 0.0443. The minimum atomic E-state index is -0.329. The van der Waals surface area contributed by atoms with Crippen LogP contribution in [-0.4, -0.2) is 31.6 Å². The second-order valence-corrected chi connectivity index (χ2v) is 5.64. The van der Waals surface area contributed by atoms with Gasteiger partial charge in [0.25, 0.3) is 0 Å². The fourth-order valence-electron chi connectivity index (χ4n) is 2.20. The van der Waals surface area contributed by atoms with Gasteiger partial charge >= 0.3 is 0 Å². The monoisotopic (exact) mass is 245 g/mol. The maximum atomic E-state index is 11.9. The van der Waals surface area contributed by atoms with Crippen molar-refractivity contribution in [3.63, 3.8) is 0 Å². The topological polar surface area (TPSA) is 91.2 Å². The Balaban J connectivity index is 4.88. The molecule has 0 spiro atoms. The zero-order valence-corrected chi connectivity index (χ0v) is 11.8. The molecule has 1 amide bonds. The Morgan fingerprint density at radius 3 is 2.12 bits per heavy atom. The molecule has 0 aliphatic heterocycles. The molecule has 0 saturated carbocycles. The molecular formula is C11H27N5O. The Bertz CT molecular complexity index is 252. The molecule has 0 heterocycles. The van der Waals surface area contributed by atoms with Crippen LogP contribution in [0.4, 0.5) is 0 Å². The third-order valence-electron chi connectivity index (χ3n) is 2.87. The SMILES string of the molecule is CNNC(C(=O)NC)C(C)(C)CC(C)(C)NN. The molecule has 1 unspecified atom stereocenters. The zero-order chi connectivity index (χ0) is 13.7. The highest BCUT2D eigenvalue weighted by molar-refractivity contribution is 5.82. The highest BCUT2D eigenvalue weighted by Gasteiger charge is 2.38. The van der Waals surface area contributed by atoms with Gasteiger partial charge in [-0.05, 0) is 32.7 Å². The first-order chi connectivity index (χ1) is 7.70. The molecule has 0 saturated heterocycles. The molecule has 0 aliphatic carbocycles. The predicted molar refractivity (Wildman–Crippen MR) is 69.9 cm³/mol. The van der Waals surface area contributed by atoms with E-state index in [-0.39, 0.29) is 22.9 Å². The molecule has 6 heteroatoms. The number of hydrogen-bond acceptors (Lipinski definition) is 5. The second kappa shape index (κ2) is 6.30. The normalized spacial score (nSPS) is 14.5. The van der Waals surface area contributed by atoms with Gasteiger partial charge in [-0.3, -0.25) is 21.5 Å². The molecule has 17 heavy (non-hydrogen) atoms. The number of carbonyl (C=O) groups excluding carboxylic acids is 1. The lowest BCUT2D eigenvalue weighted by Gasteiger charge is -2.39. The van der Waals surface area contributed by atoms with Crippen LogP contribution in [0, 0.1) is 5.41 Å². The molecule has 0 fully saturated rings. The highest BCUT2D eigenvalue weighted by atomic mass is 16.2. The van der Waals surface area contributed by atoms with Crippen molar-refractivity contribution in [1.29, 1.82) is 0 Å². The van der Waals surface area contributed by atoms with Gasteiger partial charge in [-0.15, -0.1) is 0 Å². The first kappa shape index (κ1) is 16.3. The summed E-state index contributed by atoms with van der Waals surface area (Å²) < 4.78 is 0. The second-order valence-electron chi connectivity index (χ2n) is 5.64. The predicted octanol–water partition coefficient (Wildman–Crippen LogP) is -0.517. The van der Waals surface area contributed by atoms with Crippen LogP contribution in [0.15, 0.2) is 0 Å². The van der Waals surface area contributed by atoms with E-state index in [1.807, 2.05) is 27.7 Å². The number of hydrazine groups is 2. The van der Waals surface area contributed by atoms with Gasteiger partial charge in [0.05, 0.1) is 0 Å². The van der Waals surface area contributed by atoms with Crippen molar-refractivity contribution < 1.29 is 4.79 Å². The molecule has 1 atom stereocenters. The molecule has 6 nitrogen and oxygen atoms in total. The largest absolute Gasteiger partial charge is 0.358 e. The summed E-state index contributed by atoms with van der Waals surface area (Å²) in [5, 5.41) is 2.67. The van der Waals surface area contributed by atoms with Crippen molar-refractivity contribution in [1.82, 2.24) is 21.6 Å². The average Bonchev–Trinajstić information content (AvgIpc) is 2.23. The number of carbonyl (C=O) groups is 1. The summed E-state index contributed by atoms with van der Waals surface area (Å²) in [5.74, 6) is 5.47. The number of nitrogens with one attached hydrogen (secondary N) is 4. The quantitative estimate of drug-likeness (QED) is 0.308. The Kier molecular flexibility index (Phi) is 6.04. The van der Waals surface area contributed by atoms with E-state index in [0.29, 0.717) is 0 Å². The lowest BCUT2D eigenvalue weighted by molar-refractivity contribution is -0.126. The van der Waals surface area contributed by atoms with E-state index >= 15 is 0 Å². The van der Waals surface area contributed by atoms with E-state index in [4.69, 9.17) is 5.84 Å². The third kappa shape index (κ3) is 4.99. The van der Waals surface area contributed by atoms with Gasteiger partial charge in [0, 0.05) is 12.6 Å². The number of likely N-dealkylation sites (N-methyl/N-ethyl adjacent to an activating group) is 1. The minimum Gasteiger partial charge on any atom is -0.358 e. The first-order valence-electron chi connectivity index (χ1n) is 5.82. The fourth-order valence-corrected chi connectivity index (χ4v) is 2.20. The van der Waals surface area contributed by atoms with E-state index in [9.17, 15) is 4.79 Å². The summed E-state index contributed by atoms with van der Waals surface area (Å²) in [6.45, 7) is 8.09. The highest BCUT2D eigenvalue weighted by Crippen LogP contribution is 2.31. The van der Waals surface area contributed by atoms with E-state index < -0.39 is 0 Å². The fraction of sp³-hybridized carbons (Fsp3) is 0.909. The van der Waals surface area contributed by atoms with Crippen LogP contribution in [0.2, 0.25) is 0 Å². The van der Waals surface area contributed by atoms with Gasteiger partial charge in [0.1, 0.15) is 6.04 Å². The molecule has 0 radical (unpaired) electrons. The molecule has 0 aliphatic rings. The molecule has 102 valence electrons. The zero-order valence-electron chi connectivity index (χ0n) is 11.8. The molecule has 0 aromatic rings. The molecule has 0 aromatic carbocycles. The first-order valence-corrected chi connectivity index (χ1v) is 5.82. The molecular weight excluding hydrogens is 218 g/mol. The van der Waals surface area contributed by atoms with Crippen LogP contribution in [0.5, 0.6) is 0 Å². The Labute approximate surface area is 104 Å². The third-order valence-corrected chi connectivity index (χ3v) is 2.87. The maximum Gasteiger partial charge on any atom is 0.238 e. The summed E-state index contributed by atoms with van der Waals surface area (Å²) in [4.78, 5) is 11.9. The van der Waals surface area contributed by atoms with Crippen molar-refractivity contribution in [2.75, 3.05) is 14.1 Å². The van der Waals surface area contributed by atoms with Crippen LogP contribution >= 0.6 is 0 Å². The molecule has 0 aromatic heterocycles. The Morgan fingerprint density at radius 2 is 1.76 bits per heavy atom. The van der Waals surface area contributed by atoms with Crippen LogP contribution in [0.25, 0.3) is 0 Å². The van der Waals surface area contributed by atoms with Crippen molar-refractivity contribution in [2.24, 2.45) is 11.3 Å². The van der Waals surface area contributed by atoms with E-state index in [2.05, 4.69) is 21.6 Å². The van der Waals surface area contributed by atoms with Crippen LogP contribution in [-0.2, 0) is 4.79 Å². The van der Waals surface area contributed by atoms with Gasteiger partial charge in [0.2, 0.25) is 5.91 Å². The van der Waals surface area contributed by atoms with Crippen molar-refractivity contribution >= 4 is 5.91 Å². The average molecular weight is 245 g/mol. The summed E-state index contributed by atoms with van der Waals surface area (Å²) >= 11 is 0. The summed E-state index contributed by atoms with van der Waals surface area (Å²) in [7, 11) is 3.38. The molecule has 0 bridgehead atoms. The van der Waals surface area contributed by atoms with Gasteiger partial charge in [-0.2, -0.15) is 0 Å². The van der Waals surface area contributed by atoms with Gasteiger partial charge < -0.3 is 5.32 Å². The Hall–Kier alpha value is -0.690. The number of amides is 1. The van der Waals surface area contributed by atoms with Crippen LogP contribution in [0.1, 0.15) is 34.1 Å². The number of rotatable bonds is 7. The van der Waals surface area contributed by atoms with E-state index in [1.54, 1.807) is 14.1 Å². The number of nitrogens with two attached hydrogens (primary N) is 1. The van der Waals surface area contributed by atoms with E-state index in [1.165, 1.54) is 0 Å². The van der Waals surface area contributed by atoms with Crippen molar-refractivity contribution in [2.45, 2.75) is 45.7 Å². The van der Waals surface area contributed by atoms with Crippen molar-refractivity contribution in [3.05, 3.63) is 0 Å². The van der Waals surface area contributed by atoms with Gasteiger partial charge in [-0.25, -0.2) is 5.43 Å². The Morgan fingerprint density at radius 1 is 1.24 bits per heavy atom. The lowest BCUT2D eigenvalue weighted by atomic mass is 9.74. The van der Waals surface area contributed by atoms with E-state index in [0.717, 1.165) is 6.42 Å². The standard InChI is InChI=1S/C11H27N5O/c1-10(2,7-11(3,4)16-12)8(15-14-6)9(17)13-5/h8,14-16H,7,12H2,1-6H3,(H,13,17). The van der Waals surface area contributed by atoms with Crippen LogP contribution < -0.4 is 27.4 Å². The molecule has 6 N–H and O–H groups in total. The molecule has 0 rings (SSSR count). The summed E-state index contributed by atoms with van der Waals surface area (Å²) in [5.41, 5.74) is 8.11. The summed E-state index contributed by atoms with van der Waals surface area (Å²) in [6, 6.07) is -0.329. The maximum absolute atomic E-state index is 11.9. The van der Waals surface area contributed by atoms with Crippen molar-refractivity contribution in [3.8, 4) is 0 Å². The van der Waals surface area contributed by atoms with Crippen LogP contribution in [0.3, 0.4) is 0 Å². The smallest absolute Gasteiger partial charge is 0.238 e. The number of hydrogen-bond donors (Lipinski definition) is 5. The van der Waals surface area contributed by atoms with Gasteiger partial charge in [0.15, 0.2) is 0 Å². The summed E-state index contributed by atoms with van der Waals surface area (Å²) in [6.07, 6.45) is 0.753. The van der Waals surface area contributed by atoms with Gasteiger partial charge in [-0.1, -0.05) is 13.8 Å². The lowest BCUT2D eigenvalue weighted by Crippen LogP contribution is -2.58.